The van der Waals surface area contributed by atoms with Crippen LogP contribution in [0.25, 0.3) is 10.9 Å². The van der Waals surface area contributed by atoms with Crippen LogP contribution in [0.15, 0.2) is 41.1 Å². The first kappa shape index (κ1) is 23.1. The first-order valence-electron chi connectivity index (χ1n) is 10.2. The summed E-state index contributed by atoms with van der Waals surface area (Å²) in [6.07, 6.45) is -6.14. The largest absolute Gasteiger partial charge is 0.493 e. The molecule has 2 aromatic carbocycles. The van der Waals surface area contributed by atoms with Crippen molar-refractivity contribution in [2.75, 3.05) is 25.6 Å². The molecule has 0 saturated carbocycles. The molecule has 12 heteroatoms. The highest BCUT2D eigenvalue weighted by atomic mass is 79.9. The van der Waals surface area contributed by atoms with Gasteiger partial charge in [0.05, 0.1) is 37.1 Å². The number of rotatable bonds is 5. The molecule has 180 valence electrons. The van der Waals surface area contributed by atoms with Crippen LogP contribution in [0.2, 0.25) is 0 Å². The molecule has 1 aromatic heterocycles. The van der Waals surface area contributed by atoms with Crippen molar-refractivity contribution in [3.8, 4) is 11.5 Å². The van der Waals surface area contributed by atoms with Gasteiger partial charge in [-0.3, -0.25) is 0 Å². The molecule has 3 aromatic rings. The van der Waals surface area contributed by atoms with Gasteiger partial charge in [-0.05, 0) is 40.2 Å². The van der Waals surface area contributed by atoms with Crippen LogP contribution in [-0.4, -0.2) is 54.8 Å². The van der Waals surface area contributed by atoms with E-state index in [9.17, 15) is 17.6 Å². The van der Waals surface area contributed by atoms with Crippen LogP contribution in [0, 0.1) is 0 Å². The highest BCUT2D eigenvalue weighted by Gasteiger charge is 2.49. The van der Waals surface area contributed by atoms with Crippen LogP contribution in [0.4, 0.5) is 29.1 Å². The van der Waals surface area contributed by atoms with Crippen molar-refractivity contribution in [3.05, 3.63) is 46.7 Å². The third kappa shape index (κ3) is 4.25. The second-order valence-electron chi connectivity index (χ2n) is 7.83. The van der Waals surface area contributed by atoms with E-state index in [2.05, 4.69) is 31.2 Å². The van der Waals surface area contributed by atoms with Gasteiger partial charge in [-0.25, -0.2) is 14.4 Å². The molecule has 1 N–H and O–H groups in total. The molecule has 0 spiro atoms. The number of hydrogen-bond donors (Lipinski definition) is 1. The second-order valence-corrected chi connectivity index (χ2v) is 8.68. The molecule has 0 amide bonds. The predicted octanol–water partition coefficient (Wildman–Crippen LogP) is 5.05. The molecule has 0 bridgehead atoms. The summed E-state index contributed by atoms with van der Waals surface area (Å²) in [6.45, 7) is 0.120. The Morgan fingerprint density at radius 3 is 2.62 bits per heavy atom. The third-order valence-corrected chi connectivity index (χ3v) is 6.38. The van der Waals surface area contributed by atoms with Crippen LogP contribution in [0.3, 0.4) is 0 Å². The van der Waals surface area contributed by atoms with Gasteiger partial charge < -0.3 is 24.3 Å². The molecule has 3 heterocycles. The first-order chi connectivity index (χ1) is 16.2. The average Bonchev–Trinajstić information content (AvgIpc) is 3.37. The van der Waals surface area contributed by atoms with Gasteiger partial charge in [0.1, 0.15) is 24.4 Å². The van der Waals surface area contributed by atoms with Gasteiger partial charge in [0.2, 0.25) is 0 Å². The number of nitrogens with one attached hydrogen (secondary N) is 1. The van der Waals surface area contributed by atoms with Gasteiger partial charge >= 0.3 is 6.18 Å². The van der Waals surface area contributed by atoms with Crippen LogP contribution in [0.1, 0.15) is 5.56 Å². The Labute approximate surface area is 199 Å². The molecule has 4 atom stereocenters. The molecule has 2 saturated heterocycles. The minimum Gasteiger partial charge on any atom is -0.493 e. The second kappa shape index (κ2) is 8.82. The van der Waals surface area contributed by atoms with E-state index in [1.165, 1.54) is 19.5 Å². The zero-order valence-corrected chi connectivity index (χ0v) is 19.2. The SMILES string of the molecule is COc1cc2c(Nc3cc(C(F)(F)F)ccc3Br)ncnc2cc1O[C@@H]1CO[C@@H]2C1OC[C@H]2F. The van der Waals surface area contributed by atoms with Crippen molar-refractivity contribution >= 4 is 38.3 Å². The summed E-state index contributed by atoms with van der Waals surface area (Å²) >= 11 is 3.27. The number of alkyl halides is 4. The number of methoxy groups -OCH3 is 1. The first-order valence-corrected chi connectivity index (χ1v) is 11.0. The van der Waals surface area contributed by atoms with Crippen LogP contribution in [-0.2, 0) is 15.7 Å². The number of benzene rings is 2. The van der Waals surface area contributed by atoms with Crippen LogP contribution < -0.4 is 14.8 Å². The lowest BCUT2D eigenvalue weighted by Gasteiger charge is -2.20. The summed E-state index contributed by atoms with van der Waals surface area (Å²) in [7, 11) is 1.45. The van der Waals surface area contributed by atoms with Crippen LogP contribution in [0.5, 0.6) is 11.5 Å². The number of aromatic nitrogens is 2. The Bertz CT molecular complexity index is 1230. The molecule has 0 radical (unpaired) electrons. The van der Waals surface area contributed by atoms with Crippen LogP contribution >= 0.6 is 15.9 Å². The van der Waals surface area contributed by atoms with E-state index < -0.39 is 36.2 Å². The molecular formula is C22H18BrF4N3O4. The van der Waals surface area contributed by atoms with E-state index in [1.807, 2.05) is 0 Å². The summed E-state index contributed by atoms with van der Waals surface area (Å²) in [4.78, 5) is 8.44. The third-order valence-electron chi connectivity index (χ3n) is 5.69. The molecule has 7 nitrogen and oxygen atoms in total. The van der Waals surface area contributed by atoms with E-state index in [4.69, 9.17) is 18.9 Å². The van der Waals surface area contributed by atoms with Gasteiger partial charge in [0.15, 0.2) is 23.8 Å². The average molecular weight is 544 g/mol. The van der Waals surface area contributed by atoms with Crippen molar-refractivity contribution < 1.29 is 36.5 Å². The fraction of sp³-hybridized carbons (Fsp3) is 0.364. The Balaban J connectivity index is 1.47. The van der Waals surface area contributed by atoms with Gasteiger partial charge in [-0.2, -0.15) is 13.2 Å². The fourth-order valence-corrected chi connectivity index (χ4v) is 4.37. The van der Waals surface area contributed by atoms with E-state index in [0.717, 1.165) is 12.1 Å². The number of fused-ring (bicyclic) bond motifs is 2. The maximum absolute atomic E-state index is 13.9. The quantitative estimate of drug-likeness (QED) is 0.451. The van der Waals surface area contributed by atoms with Gasteiger partial charge in [0, 0.05) is 15.9 Å². The lowest BCUT2D eigenvalue weighted by atomic mass is 10.1. The monoisotopic (exact) mass is 543 g/mol. The zero-order chi connectivity index (χ0) is 24.0. The maximum atomic E-state index is 13.9. The summed E-state index contributed by atoms with van der Waals surface area (Å²) < 4.78 is 76.3. The lowest BCUT2D eigenvalue weighted by Crippen LogP contribution is -2.33. The number of hydrogen-bond acceptors (Lipinski definition) is 7. The Morgan fingerprint density at radius 1 is 1.06 bits per heavy atom. The van der Waals surface area contributed by atoms with Gasteiger partial charge in [0.25, 0.3) is 0 Å². The highest BCUT2D eigenvalue weighted by molar-refractivity contribution is 9.10. The van der Waals surface area contributed by atoms with E-state index in [0.29, 0.717) is 26.9 Å². The summed E-state index contributed by atoms with van der Waals surface area (Å²) in [5.74, 6) is 0.963. The van der Waals surface area contributed by atoms with Crippen molar-refractivity contribution in [3.63, 3.8) is 0 Å². The van der Waals surface area contributed by atoms with Gasteiger partial charge in [-0.1, -0.05) is 0 Å². The minimum atomic E-state index is -4.49. The molecule has 1 unspecified atom stereocenters. The number of anilines is 2. The zero-order valence-electron chi connectivity index (χ0n) is 17.6. The Kier molecular flexibility index (Phi) is 5.98. The summed E-state index contributed by atoms with van der Waals surface area (Å²) in [6, 6.07) is 6.53. The maximum Gasteiger partial charge on any atom is 0.416 e. The molecular weight excluding hydrogens is 526 g/mol. The molecule has 2 aliphatic rings. The number of nitrogens with zero attached hydrogens (tertiary/aromatic N) is 2. The summed E-state index contributed by atoms with van der Waals surface area (Å²) in [5, 5.41) is 3.43. The van der Waals surface area contributed by atoms with Crippen molar-refractivity contribution in [1.29, 1.82) is 0 Å². The Morgan fingerprint density at radius 2 is 1.85 bits per heavy atom. The number of ether oxygens (including phenoxy) is 4. The van der Waals surface area contributed by atoms with E-state index >= 15 is 0 Å². The van der Waals surface area contributed by atoms with E-state index in [-0.39, 0.29) is 24.7 Å². The molecule has 34 heavy (non-hydrogen) atoms. The predicted molar refractivity (Wildman–Crippen MR) is 117 cm³/mol. The fourth-order valence-electron chi connectivity index (χ4n) is 4.02. The van der Waals surface area contributed by atoms with Crippen molar-refractivity contribution in [2.45, 2.75) is 30.7 Å². The number of halogens is 5. The Hall–Kier alpha value is -2.70. The molecule has 5 rings (SSSR count). The molecule has 2 fully saturated rings. The minimum absolute atomic E-state index is 0.0442. The molecule has 0 aliphatic carbocycles. The normalized spacial score (nSPS) is 24.3. The highest BCUT2D eigenvalue weighted by Crippen LogP contribution is 2.39. The smallest absolute Gasteiger partial charge is 0.416 e. The van der Waals surface area contributed by atoms with E-state index in [1.54, 1.807) is 12.1 Å². The van der Waals surface area contributed by atoms with Crippen molar-refractivity contribution in [1.82, 2.24) is 9.97 Å². The summed E-state index contributed by atoms with van der Waals surface area (Å²) in [5.41, 5.74) is -0.156. The lowest BCUT2D eigenvalue weighted by molar-refractivity contribution is -0.137. The van der Waals surface area contributed by atoms with Gasteiger partial charge in [-0.15, -0.1) is 0 Å². The molecule has 2 aliphatic heterocycles. The standard InChI is InChI=1S/C22H18BrF4N3O4/c1-31-16-5-11-14(6-17(16)34-18-8-33-19-13(24)7-32-20(18)19)28-9-29-21(11)30-15-4-10(22(25,26)27)2-3-12(15)23/h2-6,9,13,18-20H,7-8H2,1H3,(H,28,29,30)/t13-,18-,19+,20?/m1/s1. The van der Waals surface area contributed by atoms with Crippen molar-refractivity contribution in [2.24, 2.45) is 0 Å². The topological polar surface area (TPSA) is 74.7 Å².